The van der Waals surface area contributed by atoms with E-state index in [9.17, 15) is 4.79 Å². The summed E-state index contributed by atoms with van der Waals surface area (Å²) in [5.41, 5.74) is 0. The first-order valence-electron chi connectivity index (χ1n) is 11.6. The zero-order chi connectivity index (χ0) is 25.6. The third-order valence-corrected chi connectivity index (χ3v) is 6.16. The number of ether oxygens (including phenoxy) is 10. The van der Waals surface area contributed by atoms with E-state index in [-0.39, 0.29) is 26.4 Å². The Morgan fingerprint density at radius 3 is 1.83 bits per heavy atom. The minimum Gasteiger partial charge on any atom is -0.440 e. The number of nitrogens with one attached hydrogen (secondary N) is 1. The van der Waals surface area contributed by atoms with Gasteiger partial charge in [-0.3, -0.25) is 0 Å². The molecule has 0 aromatic rings. The molecule has 2 aliphatic rings. The number of amides is 1. The van der Waals surface area contributed by atoms with Gasteiger partial charge in [-0.2, -0.15) is 0 Å². The van der Waals surface area contributed by atoms with Crippen LogP contribution in [0.25, 0.3) is 0 Å². The average Bonchev–Trinajstić information content (AvgIpc) is 2.87. The van der Waals surface area contributed by atoms with Gasteiger partial charge in [0, 0.05) is 49.2 Å². The van der Waals surface area contributed by atoms with Gasteiger partial charge >= 0.3 is 6.09 Å². The van der Waals surface area contributed by atoms with Crippen LogP contribution in [0, 0.1) is 0 Å². The zero-order valence-electron chi connectivity index (χ0n) is 21.5. The fourth-order valence-corrected chi connectivity index (χ4v) is 4.22. The average molecular weight is 508 g/mol. The van der Waals surface area contributed by atoms with E-state index < -0.39 is 54.9 Å². The predicted octanol–water partition coefficient (Wildman–Crippen LogP) is 0.173. The zero-order valence-corrected chi connectivity index (χ0v) is 21.5. The summed E-state index contributed by atoms with van der Waals surface area (Å²) in [7, 11) is 9.29. The first kappa shape index (κ1) is 29.9. The van der Waals surface area contributed by atoms with Crippen LogP contribution in [-0.4, -0.2) is 137 Å². The maximum Gasteiger partial charge on any atom is 0.407 e. The van der Waals surface area contributed by atoms with Crippen LogP contribution in [-0.2, 0) is 47.4 Å². The molecule has 1 unspecified atom stereocenters. The highest BCUT2D eigenvalue weighted by molar-refractivity contribution is 5.67. The summed E-state index contributed by atoms with van der Waals surface area (Å²) in [6.07, 6.45) is -1.31. The first-order valence-corrected chi connectivity index (χ1v) is 11.6. The van der Waals surface area contributed by atoms with Crippen molar-refractivity contribution in [1.82, 2.24) is 5.32 Å². The van der Waals surface area contributed by atoms with E-state index in [4.69, 9.17) is 47.4 Å². The highest BCUT2D eigenvalue weighted by Crippen LogP contribution is 2.24. The number of carbonyl (C=O) groups excluding carboxylic acids is 1. The lowest BCUT2D eigenvalue weighted by Crippen LogP contribution is -2.58. The second-order valence-electron chi connectivity index (χ2n) is 8.09. The molecule has 0 aromatic carbocycles. The standard InChI is InChI=1S/C23H41NO11/c1-26-15-11-24-23(25)35-22-18(34-14-17(28-3)21(22)31-6)13-33-10-8-7-9-32-12-16(27-2)20(30-5)19(15)29-4/h7-8,15-22H,9-14H2,1-6H3,(H,24,25)/b8-7+/t15-,16+,17-,18+,19+,20?,21+,22+/m0/s1. The highest BCUT2D eigenvalue weighted by Gasteiger charge is 2.44. The molecule has 1 N–H and O–H groups in total. The molecule has 12 nitrogen and oxygen atoms in total. The SMILES string of the molecule is COC1[C@H](OC)COC/C=C/COC[C@H]2OC[C@H](OC)[C@@H](OC)[C@@H]2OC(=O)NC[C@H](OC)[C@H]1OC. The van der Waals surface area contributed by atoms with Gasteiger partial charge in [-0.25, -0.2) is 4.79 Å². The summed E-state index contributed by atoms with van der Waals surface area (Å²) in [6, 6.07) is 0. The fraction of sp³-hybridized carbons (Fsp3) is 0.870. The summed E-state index contributed by atoms with van der Waals surface area (Å²) in [5.74, 6) is 0. The van der Waals surface area contributed by atoms with Crippen molar-refractivity contribution < 1.29 is 52.2 Å². The Bertz CT molecular complexity index is 622. The lowest BCUT2D eigenvalue weighted by Gasteiger charge is -2.40. The van der Waals surface area contributed by atoms with E-state index in [2.05, 4.69) is 5.32 Å². The van der Waals surface area contributed by atoms with Gasteiger partial charge in [-0.05, 0) is 0 Å². The largest absolute Gasteiger partial charge is 0.440 e. The van der Waals surface area contributed by atoms with Crippen LogP contribution >= 0.6 is 0 Å². The second-order valence-corrected chi connectivity index (χ2v) is 8.09. The van der Waals surface area contributed by atoms with E-state index in [1.165, 1.54) is 14.2 Å². The lowest BCUT2D eigenvalue weighted by molar-refractivity contribution is -0.212. The Morgan fingerprint density at radius 2 is 1.26 bits per heavy atom. The molecule has 2 aliphatic heterocycles. The van der Waals surface area contributed by atoms with Crippen molar-refractivity contribution in [3.63, 3.8) is 0 Å². The van der Waals surface area contributed by atoms with Gasteiger partial charge in [0.1, 0.15) is 42.7 Å². The Labute approximate surface area is 207 Å². The van der Waals surface area contributed by atoms with Gasteiger partial charge in [-0.15, -0.1) is 0 Å². The summed E-state index contributed by atoms with van der Waals surface area (Å²) < 4.78 is 56.8. The molecule has 0 bridgehead atoms. The Kier molecular flexibility index (Phi) is 14.0. The van der Waals surface area contributed by atoms with Gasteiger partial charge in [0.2, 0.25) is 0 Å². The van der Waals surface area contributed by atoms with Crippen LogP contribution in [0.1, 0.15) is 0 Å². The van der Waals surface area contributed by atoms with Crippen molar-refractivity contribution in [2.24, 2.45) is 0 Å². The molecule has 0 radical (unpaired) electrons. The molecule has 8 atom stereocenters. The molecule has 1 saturated heterocycles. The molecule has 0 aliphatic carbocycles. The van der Waals surface area contributed by atoms with Crippen LogP contribution in [0.3, 0.4) is 0 Å². The third kappa shape index (κ3) is 8.62. The van der Waals surface area contributed by atoms with Gasteiger partial charge in [0.05, 0.1) is 33.0 Å². The summed E-state index contributed by atoms with van der Waals surface area (Å²) in [4.78, 5) is 12.8. The molecular weight excluding hydrogens is 466 g/mol. The third-order valence-electron chi connectivity index (χ3n) is 6.16. The van der Waals surface area contributed by atoms with Crippen LogP contribution < -0.4 is 5.32 Å². The van der Waals surface area contributed by atoms with Crippen LogP contribution in [0.15, 0.2) is 12.2 Å². The van der Waals surface area contributed by atoms with Gasteiger partial charge in [0.25, 0.3) is 0 Å². The van der Waals surface area contributed by atoms with Gasteiger partial charge in [-0.1, -0.05) is 12.2 Å². The smallest absolute Gasteiger partial charge is 0.407 e. The molecule has 35 heavy (non-hydrogen) atoms. The molecule has 0 saturated carbocycles. The summed E-state index contributed by atoms with van der Waals surface area (Å²) in [5, 5.41) is 2.74. The number of hydrogen-bond acceptors (Lipinski definition) is 11. The Hall–Kier alpha value is -1.35. The second kappa shape index (κ2) is 16.4. The van der Waals surface area contributed by atoms with E-state index >= 15 is 0 Å². The number of hydrogen-bond donors (Lipinski definition) is 1. The predicted molar refractivity (Wildman–Crippen MR) is 124 cm³/mol. The van der Waals surface area contributed by atoms with Gasteiger partial charge < -0.3 is 52.7 Å². The molecule has 1 fully saturated rings. The maximum atomic E-state index is 12.8. The molecule has 1 amide bonds. The maximum absolute atomic E-state index is 12.8. The number of fused-ring (bicyclic) bond motifs is 1. The van der Waals surface area contributed by atoms with E-state index in [1.54, 1.807) is 28.4 Å². The van der Waals surface area contributed by atoms with Crippen molar-refractivity contribution in [1.29, 1.82) is 0 Å². The quantitative estimate of drug-likeness (QED) is 0.495. The minimum absolute atomic E-state index is 0.0911. The molecule has 0 aromatic heterocycles. The van der Waals surface area contributed by atoms with Crippen molar-refractivity contribution in [3.8, 4) is 0 Å². The van der Waals surface area contributed by atoms with E-state index in [0.717, 1.165) is 0 Å². The minimum atomic E-state index is -0.756. The lowest BCUT2D eigenvalue weighted by atomic mass is 10.00. The van der Waals surface area contributed by atoms with Crippen LogP contribution in [0.4, 0.5) is 4.79 Å². The molecule has 2 rings (SSSR count). The van der Waals surface area contributed by atoms with Crippen molar-refractivity contribution >= 4 is 6.09 Å². The molecule has 2 heterocycles. The fourth-order valence-electron chi connectivity index (χ4n) is 4.22. The molecule has 204 valence electrons. The number of alkyl carbamates (subject to hydrolysis) is 1. The monoisotopic (exact) mass is 507 g/mol. The van der Waals surface area contributed by atoms with Crippen molar-refractivity contribution in [2.45, 2.75) is 48.8 Å². The molecular formula is C23H41NO11. The summed E-state index contributed by atoms with van der Waals surface area (Å²) in [6.45, 7) is 1.55. The van der Waals surface area contributed by atoms with Gasteiger partial charge in [0.15, 0.2) is 6.10 Å². The Morgan fingerprint density at radius 1 is 0.714 bits per heavy atom. The van der Waals surface area contributed by atoms with E-state index in [1.807, 2.05) is 12.2 Å². The van der Waals surface area contributed by atoms with Crippen LogP contribution in [0.5, 0.6) is 0 Å². The van der Waals surface area contributed by atoms with Crippen LogP contribution in [0.2, 0.25) is 0 Å². The number of carbonyl (C=O) groups is 1. The Balaban J connectivity index is 2.23. The highest BCUT2D eigenvalue weighted by atomic mass is 16.6. The molecule has 0 spiro atoms. The topological polar surface area (TPSA) is 121 Å². The number of methoxy groups -OCH3 is 6. The van der Waals surface area contributed by atoms with Crippen molar-refractivity contribution in [3.05, 3.63) is 12.2 Å². The molecule has 12 heteroatoms. The van der Waals surface area contributed by atoms with Crippen molar-refractivity contribution in [2.75, 3.05) is 82.2 Å². The summed E-state index contributed by atoms with van der Waals surface area (Å²) >= 11 is 0. The normalized spacial score (nSPS) is 37.3. The first-order chi connectivity index (χ1) is 17.0. The number of rotatable bonds is 6. The van der Waals surface area contributed by atoms with E-state index in [0.29, 0.717) is 13.2 Å².